The predicted molar refractivity (Wildman–Crippen MR) is 85.3 cm³/mol. The van der Waals surface area contributed by atoms with Crippen molar-refractivity contribution < 1.29 is 9.90 Å². The first-order valence-corrected chi connectivity index (χ1v) is 8.15. The zero-order chi connectivity index (χ0) is 15.3. The molecule has 0 saturated carbocycles. The smallest absolute Gasteiger partial charge is 0.310 e. The molecular weight excluding hydrogens is 262 g/mol. The average molecular weight is 289 g/mol. The minimum absolute atomic E-state index is 0.335. The summed E-state index contributed by atoms with van der Waals surface area (Å²) in [6, 6.07) is 10.8. The number of carboxylic acids is 1. The van der Waals surface area contributed by atoms with Crippen LogP contribution in [0.5, 0.6) is 0 Å². The molecule has 2 atom stereocenters. The van der Waals surface area contributed by atoms with E-state index in [1.165, 1.54) is 5.56 Å². The molecular formula is C18H27NO2. The summed E-state index contributed by atoms with van der Waals surface area (Å²) >= 11 is 0. The molecule has 1 aliphatic heterocycles. The number of nitrogens with zero attached hydrogens (tertiary/aromatic N) is 1. The molecule has 3 nitrogen and oxygen atoms in total. The molecule has 1 aliphatic rings. The lowest BCUT2D eigenvalue weighted by atomic mass is 9.75. The van der Waals surface area contributed by atoms with Crippen LogP contribution in [0.1, 0.15) is 57.6 Å². The van der Waals surface area contributed by atoms with Gasteiger partial charge in [-0.1, -0.05) is 50.6 Å². The van der Waals surface area contributed by atoms with Crippen LogP contribution in [0.2, 0.25) is 0 Å². The van der Waals surface area contributed by atoms with E-state index in [0.29, 0.717) is 12.6 Å². The fourth-order valence-corrected chi connectivity index (χ4v) is 3.78. The monoisotopic (exact) mass is 289 g/mol. The molecule has 1 heterocycles. The van der Waals surface area contributed by atoms with E-state index in [1.54, 1.807) is 0 Å². The predicted octanol–water partition coefficient (Wildman–Crippen LogP) is 4.10. The third-order valence-electron chi connectivity index (χ3n) is 4.80. The van der Waals surface area contributed by atoms with Gasteiger partial charge in [-0.15, -0.1) is 0 Å². The third-order valence-corrected chi connectivity index (χ3v) is 4.80. The van der Waals surface area contributed by atoms with Crippen LogP contribution in [0.15, 0.2) is 30.3 Å². The number of aliphatic carboxylic acids is 1. The Kier molecular flexibility index (Phi) is 5.40. The summed E-state index contributed by atoms with van der Waals surface area (Å²) in [5, 5.41) is 9.74. The van der Waals surface area contributed by atoms with E-state index in [-0.39, 0.29) is 0 Å². The first-order chi connectivity index (χ1) is 10.1. The molecule has 1 aromatic rings. The van der Waals surface area contributed by atoms with Gasteiger partial charge >= 0.3 is 5.97 Å². The van der Waals surface area contributed by atoms with E-state index in [1.807, 2.05) is 6.07 Å². The Balaban J connectivity index is 2.21. The molecule has 0 aliphatic carbocycles. The molecule has 0 aromatic heterocycles. The lowest BCUT2D eigenvalue weighted by molar-refractivity contribution is -0.154. The number of likely N-dealkylation sites (tertiary alicyclic amines) is 1. The van der Waals surface area contributed by atoms with Gasteiger partial charge in [0.15, 0.2) is 0 Å². The van der Waals surface area contributed by atoms with Gasteiger partial charge < -0.3 is 5.11 Å². The van der Waals surface area contributed by atoms with Crippen LogP contribution in [0.4, 0.5) is 0 Å². The number of piperidine rings is 1. The normalized spacial score (nSPS) is 24.7. The van der Waals surface area contributed by atoms with Crippen molar-refractivity contribution in [3.8, 4) is 0 Å². The molecule has 0 bridgehead atoms. The number of benzene rings is 1. The fraction of sp³-hybridized carbons (Fsp3) is 0.611. The van der Waals surface area contributed by atoms with Crippen LogP contribution in [-0.4, -0.2) is 29.1 Å². The zero-order valence-corrected chi connectivity index (χ0v) is 13.2. The molecule has 1 N–H and O–H groups in total. The van der Waals surface area contributed by atoms with Crippen LogP contribution < -0.4 is 0 Å². The molecule has 2 rings (SSSR count). The van der Waals surface area contributed by atoms with Gasteiger partial charge in [-0.2, -0.15) is 0 Å². The van der Waals surface area contributed by atoms with E-state index >= 15 is 0 Å². The second-order valence-electron chi connectivity index (χ2n) is 6.24. The van der Waals surface area contributed by atoms with Crippen molar-refractivity contribution in [1.29, 1.82) is 0 Å². The van der Waals surface area contributed by atoms with E-state index in [9.17, 15) is 9.90 Å². The number of rotatable bonds is 6. The van der Waals surface area contributed by atoms with Gasteiger partial charge in [-0.05, 0) is 37.8 Å². The van der Waals surface area contributed by atoms with Crippen LogP contribution in [-0.2, 0) is 4.79 Å². The Hall–Kier alpha value is -1.35. The Morgan fingerprint density at radius 2 is 2.05 bits per heavy atom. The summed E-state index contributed by atoms with van der Waals surface area (Å²) in [4.78, 5) is 14.2. The van der Waals surface area contributed by atoms with Crippen molar-refractivity contribution in [2.45, 2.75) is 52.0 Å². The summed E-state index contributed by atoms with van der Waals surface area (Å²) in [5.74, 6) is -0.614. The van der Waals surface area contributed by atoms with E-state index in [4.69, 9.17) is 0 Å². The van der Waals surface area contributed by atoms with E-state index in [2.05, 4.69) is 43.0 Å². The van der Waals surface area contributed by atoms with Gasteiger partial charge in [0, 0.05) is 12.6 Å². The highest BCUT2D eigenvalue weighted by Crippen LogP contribution is 2.39. The van der Waals surface area contributed by atoms with Crippen LogP contribution in [0, 0.1) is 5.41 Å². The summed E-state index contributed by atoms with van der Waals surface area (Å²) < 4.78 is 0. The Bertz CT molecular complexity index is 456. The average Bonchev–Trinajstić information content (AvgIpc) is 2.50. The molecule has 21 heavy (non-hydrogen) atoms. The Morgan fingerprint density at radius 3 is 2.62 bits per heavy atom. The van der Waals surface area contributed by atoms with Crippen LogP contribution in [0.25, 0.3) is 0 Å². The zero-order valence-electron chi connectivity index (χ0n) is 13.2. The SMILES string of the molecule is CCCC1(C(=O)O)CCCN(C(CC)c2ccccc2)C1. The standard InChI is InChI=1S/C18H27NO2/c1-3-11-18(17(20)21)12-8-13-19(14-18)16(4-2)15-9-6-5-7-10-15/h5-7,9-10,16H,3-4,8,11-14H2,1-2H3,(H,20,21). The molecule has 0 radical (unpaired) electrons. The molecule has 2 unspecified atom stereocenters. The summed E-state index contributed by atoms with van der Waals surface area (Å²) in [6.07, 6.45) is 4.53. The van der Waals surface area contributed by atoms with Crippen LogP contribution in [0.3, 0.4) is 0 Å². The molecule has 0 amide bonds. The summed E-state index contributed by atoms with van der Waals surface area (Å²) in [7, 11) is 0. The third kappa shape index (κ3) is 3.46. The van der Waals surface area contributed by atoms with Crippen molar-refractivity contribution in [2.24, 2.45) is 5.41 Å². The maximum atomic E-state index is 11.8. The highest BCUT2D eigenvalue weighted by atomic mass is 16.4. The first-order valence-electron chi connectivity index (χ1n) is 8.15. The number of carboxylic acid groups (broad SMARTS) is 1. The van der Waals surface area contributed by atoms with Gasteiger partial charge in [0.2, 0.25) is 0 Å². The lowest BCUT2D eigenvalue weighted by Crippen LogP contribution is -2.48. The summed E-state index contributed by atoms with van der Waals surface area (Å²) in [5.41, 5.74) is 0.757. The van der Waals surface area contributed by atoms with Gasteiger partial charge in [0.25, 0.3) is 0 Å². The topological polar surface area (TPSA) is 40.5 Å². The highest BCUT2D eigenvalue weighted by Gasteiger charge is 2.42. The van der Waals surface area contributed by atoms with Crippen molar-refractivity contribution in [3.05, 3.63) is 35.9 Å². The Morgan fingerprint density at radius 1 is 1.33 bits per heavy atom. The molecule has 0 spiro atoms. The highest BCUT2D eigenvalue weighted by molar-refractivity contribution is 5.75. The van der Waals surface area contributed by atoms with Crippen molar-refractivity contribution >= 4 is 5.97 Å². The number of carbonyl (C=O) groups is 1. The molecule has 1 aromatic carbocycles. The lowest BCUT2D eigenvalue weighted by Gasteiger charge is -2.43. The second-order valence-corrected chi connectivity index (χ2v) is 6.24. The van der Waals surface area contributed by atoms with Crippen molar-refractivity contribution in [1.82, 2.24) is 4.90 Å². The van der Waals surface area contributed by atoms with Gasteiger partial charge in [0.1, 0.15) is 0 Å². The van der Waals surface area contributed by atoms with Crippen molar-refractivity contribution in [3.63, 3.8) is 0 Å². The summed E-state index contributed by atoms with van der Waals surface area (Å²) in [6.45, 7) is 5.96. The second kappa shape index (κ2) is 7.08. The number of hydrogen-bond acceptors (Lipinski definition) is 2. The van der Waals surface area contributed by atoms with Crippen molar-refractivity contribution in [2.75, 3.05) is 13.1 Å². The maximum absolute atomic E-state index is 11.8. The van der Waals surface area contributed by atoms with Crippen LogP contribution >= 0.6 is 0 Å². The minimum atomic E-state index is -0.614. The maximum Gasteiger partial charge on any atom is 0.310 e. The van der Waals surface area contributed by atoms with Gasteiger partial charge in [0.05, 0.1) is 5.41 Å². The largest absolute Gasteiger partial charge is 0.481 e. The minimum Gasteiger partial charge on any atom is -0.481 e. The Labute approximate surface area is 128 Å². The van der Waals surface area contributed by atoms with Gasteiger partial charge in [-0.25, -0.2) is 0 Å². The van der Waals surface area contributed by atoms with Gasteiger partial charge in [-0.3, -0.25) is 9.69 Å². The molecule has 1 fully saturated rings. The molecule has 3 heteroatoms. The molecule has 1 saturated heterocycles. The fourth-order valence-electron chi connectivity index (χ4n) is 3.78. The number of hydrogen-bond donors (Lipinski definition) is 1. The van der Waals surface area contributed by atoms with E-state index in [0.717, 1.165) is 38.6 Å². The first kappa shape index (κ1) is 16.0. The quantitative estimate of drug-likeness (QED) is 0.857. The van der Waals surface area contributed by atoms with E-state index < -0.39 is 11.4 Å². The molecule has 116 valence electrons.